The number of rotatable bonds is 6. The van der Waals surface area contributed by atoms with E-state index in [-0.39, 0.29) is 0 Å². The van der Waals surface area contributed by atoms with Gasteiger partial charge in [0.1, 0.15) is 0 Å². The molecule has 0 aromatic heterocycles. The molecule has 1 saturated heterocycles. The van der Waals surface area contributed by atoms with E-state index in [9.17, 15) is 0 Å². The molecule has 0 radical (unpaired) electrons. The zero-order chi connectivity index (χ0) is 11.1. The zero-order valence-electron chi connectivity index (χ0n) is 10.5. The first kappa shape index (κ1) is 13.3. The summed E-state index contributed by atoms with van der Waals surface area (Å²) in [7, 11) is 0. The van der Waals surface area contributed by atoms with Gasteiger partial charge in [-0.05, 0) is 38.3 Å². The number of piperazine rings is 1. The molecule has 1 heterocycles. The van der Waals surface area contributed by atoms with E-state index >= 15 is 0 Å². The number of nitrogens with zero attached hydrogens (tertiary/aromatic N) is 1. The van der Waals surface area contributed by atoms with Crippen molar-refractivity contribution >= 4 is 11.8 Å². The van der Waals surface area contributed by atoms with Crippen LogP contribution in [-0.2, 0) is 0 Å². The van der Waals surface area contributed by atoms with Gasteiger partial charge >= 0.3 is 0 Å². The van der Waals surface area contributed by atoms with Gasteiger partial charge in [-0.3, -0.25) is 4.90 Å². The molecular weight excluding hydrogens is 204 g/mol. The molecule has 0 aromatic carbocycles. The normalized spacial score (nSPS) is 28.2. The average Bonchev–Trinajstić information content (AvgIpc) is 2.22. The van der Waals surface area contributed by atoms with Crippen molar-refractivity contribution in [1.29, 1.82) is 0 Å². The van der Waals surface area contributed by atoms with Crippen LogP contribution >= 0.6 is 11.8 Å². The lowest BCUT2D eigenvalue weighted by molar-refractivity contribution is 0.128. The summed E-state index contributed by atoms with van der Waals surface area (Å²) in [6.07, 6.45) is 6.19. The molecule has 1 N–H and O–H groups in total. The molecule has 2 nitrogen and oxygen atoms in total. The zero-order valence-corrected chi connectivity index (χ0v) is 11.3. The van der Waals surface area contributed by atoms with Crippen LogP contribution in [0, 0.1) is 0 Å². The van der Waals surface area contributed by atoms with E-state index in [0.717, 1.165) is 6.04 Å². The van der Waals surface area contributed by atoms with Crippen molar-refractivity contribution in [1.82, 2.24) is 10.2 Å². The Hall–Kier alpha value is 0.270. The fraction of sp³-hybridized carbons (Fsp3) is 1.00. The van der Waals surface area contributed by atoms with Crippen molar-refractivity contribution in [3.8, 4) is 0 Å². The first-order valence-electron chi connectivity index (χ1n) is 6.24. The topological polar surface area (TPSA) is 15.3 Å². The van der Waals surface area contributed by atoms with Gasteiger partial charge < -0.3 is 5.32 Å². The van der Waals surface area contributed by atoms with Gasteiger partial charge in [-0.15, -0.1) is 0 Å². The van der Waals surface area contributed by atoms with Crippen LogP contribution in [0.1, 0.15) is 33.1 Å². The quantitative estimate of drug-likeness (QED) is 0.704. The molecule has 0 amide bonds. The van der Waals surface area contributed by atoms with Crippen molar-refractivity contribution < 1.29 is 0 Å². The Morgan fingerprint density at radius 2 is 2.27 bits per heavy atom. The molecule has 1 aliphatic heterocycles. The maximum atomic E-state index is 3.59. The lowest BCUT2D eigenvalue weighted by atomic mass is 10.1. The molecule has 0 aliphatic carbocycles. The smallest absolute Gasteiger partial charge is 0.0221 e. The Labute approximate surface area is 99.2 Å². The highest BCUT2D eigenvalue weighted by Gasteiger charge is 2.24. The minimum atomic E-state index is 0.674. The average molecular weight is 230 g/mol. The Morgan fingerprint density at radius 3 is 2.93 bits per heavy atom. The molecule has 2 unspecified atom stereocenters. The van der Waals surface area contributed by atoms with Crippen LogP contribution < -0.4 is 5.32 Å². The molecule has 15 heavy (non-hydrogen) atoms. The molecule has 1 fully saturated rings. The highest BCUT2D eigenvalue weighted by Crippen LogP contribution is 2.13. The van der Waals surface area contributed by atoms with Gasteiger partial charge in [0, 0.05) is 25.2 Å². The van der Waals surface area contributed by atoms with Crippen molar-refractivity contribution in [3.05, 3.63) is 0 Å². The summed E-state index contributed by atoms with van der Waals surface area (Å²) in [5.74, 6) is 1.30. The van der Waals surface area contributed by atoms with Crippen LogP contribution in [0.25, 0.3) is 0 Å². The van der Waals surface area contributed by atoms with Crippen molar-refractivity contribution in [3.63, 3.8) is 0 Å². The van der Waals surface area contributed by atoms with E-state index in [1.807, 2.05) is 11.8 Å². The van der Waals surface area contributed by atoms with Gasteiger partial charge in [-0.25, -0.2) is 0 Å². The summed E-state index contributed by atoms with van der Waals surface area (Å²) < 4.78 is 0. The lowest BCUT2D eigenvalue weighted by Gasteiger charge is -2.39. The molecule has 0 spiro atoms. The van der Waals surface area contributed by atoms with Crippen LogP contribution in [0.3, 0.4) is 0 Å². The van der Waals surface area contributed by atoms with E-state index in [2.05, 4.69) is 30.3 Å². The van der Waals surface area contributed by atoms with Crippen molar-refractivity contribution in [2.75, 3.05) is 31.6 Å². The van der Waals surface area contributed by atoms with Gasteiger partial charge in [0.05, 0.1) is 0 Å². The highest BCUT2D eigenvalue weighted by molar-refractivity contribution is 7.98. The molecule has 1 aliphatic rings. The van der Waals surface area contributed by atoms with E-state index < -0.39 is 0 Å². The van der Waals surface area contributed by atoms with E-state index in [4.69, 9.17) is 0 Å². The first-order chi connectivity index (χ1) is 7.27. The fourth-order valence-corrected chi connectivity index (χ4v) is 2.75. The van der Waals surface area contributed by atoms with Crippen molar-refractivity contribution in [2.45, 2.75) is 45.2 Å². The van der Waals surface area contributed by atoms with Crippen LogP contribution in [0.2, 0.25) is 0 Å². The molecule has 2 atom stereocenters. The predicted molar refractivity (Wildman–Crippen MR) is 70.7 cm³/mol. The van der Waals surface area contributed by atoms with Crippen molar-refractivity contribution in [2.24, 2.45) is 0 Å². The first-order valence-corrected chi connectivity index (χ1v) is 7.63. The highest BCUT2D eigenvalue weighted by atomic mass is 32.2. The third-order valence-electron chi connectivity index (χ3n) is 3.14. The molecular formula is C12H26N2S. The second-order valence-corrected chi connectivity index (χ2v) is 5.58. The number of nitrogens with one attached hydrogen (secondary N) is 1. The Bertz CT molecular complexity index is 164. The second-order valence-electron chi connectivity index (χ2n) is 4.59. The van der Waals surface area contributed by atoms with Gasteiger partial charge in [0.2, 0.25) is 0 Å². The maximum absolute atomic E-state index is 3.59. The number of hydrogen-bond donors (Lipinski definition) is 1. The minimum Gasteiger partial charge on any atom is -0.311 e. The van der Waals surface area contributed by atoms with Gasteiger partial charge in [-0.1, -0.05) is 13.3 Å². The second kappa shape index (κ2) is 7.53. The summed E-state index contributed by atoms with van der Waals surface area (Å²) in [6, 6.07) is 1.46. The van der Waals surface area contributed by atoms with E-state index in [1.165, 1.54) is 44.6 Å². The summed E-state index contributed by atoms with van der Waals surface area (Å²) >= 11 is 1.96. The number of hydrogen-bond acceptors (Lipinski definition) is 3. The Morgan fingerprint density at radius 1 is 1.47 bits per heavy atom. The third kappa shape index (κ3) is 4.75. The molecule has 0 saturated carbocycles. The molecule has 90 valence electrons. The minimum absolute atomic E-state index is 0.674. The SMILES string of the molecule is CCCC1CNC(C)CN1CCCSC. The summed E-state index contributed by atoms with van der Waals surface area (Å²) in [5.41, 5.74) is 0. The standard InChI is InChI=1S/C12H26N2S/c1-4-6-12-9-13-11(2)10-14(12)7-5-8-15-3/h11-13H,4-10H2,1-3H3. The monoisotopic (exact) mass is 230 g/mol. The lowest BCUT2D eigenvalue weighted by Crippen LogP contribution is -2.55. The van der Waals surface area contributed by atoms with Gasteiger partial charge in [0.25, 0.3) is 0 Å². The summed E-state index contributed by atoms with van der Waals surface area (Å²) in [5, 5.41) is 3.59. The van der Waals surface area contributed by atoms with Gasteiger partial charge in [0.15, 0.2) is 0 Å². The largest absolute Gasteiger partial charge is 0.311 e. The van der Waals surface area contributed by atoms with Gasteiger partial charge in [-0.2, -0.15) is 11.8 Å². The Kier molecular flexibility index (Phi) is 6.69. The van der Waals surface area contributed by atoms with Crippen LogP contribution in [-0.4, -0.2) is 48.6 Å². The predicted octanol–water partition coefficient (Wildman–Crippen LogP) is 2.20. The third-order valence-corrected chi connectivity index (χ3v) is 3.84. The summed E-state index contributed by atoms with van der Waals surface area (Å²) in [4.78, 5) is 2.70. The maximum Gasteiger partial charge on any atom is 0.0221 e. The summed E-state index contributed by atoms with van der Waals surface area (Å²) in [6.45, 7) is 8.30. The Balaban J connectivity index is 2.32. The fourth-order valence-electron chi connectivity index (χ4n) is 2.34. The van der Waals surface area contributed by atoms with Crippen LogP contribution in [0.5, 0.6) is 0 Å². The van der Waals surface area contributed by atoms with Crippen LogP contribution in [0.15, 0.2) is 0 Å². The number of thioether (sulfide) groups is 1. The molecule has 1 rings (SSSR count). The van der Waals surface area contributed by atoms with E-state index in [1.54, 1.807) is 0 Å². The van der Waals surface area contributed by atoms with Crippen LogP contribution in [0.4, 0.5) is 0 Å². The molecule has 3 heteroatoms. The van der Waals surface area contributed by atoms with E-state index in [0.29, 0.717) is 6.04 Å². The molecule has 0 aromatic rings. The molecule has 0 bridgehead atoms.